The van der Waals surface area contributed by atoms with Gasteiger partial charge in [-0.25, -0.2) is 9.59 Å². The van der Waals surface area contributed by atoms with E-state index >= 15 is 0 Å². The zero-order chi connectivity index (χ0) is 29.1. The molecule has 2 atom stereocenters. The van der Waals surface area contributed by atoms with E-state index in [9.17, 15) is 19.5 Å². The van der Waals surface area contributed by atoms with E-state index < -0.39 is 35.7 Å². The standard InChI is InChI=1S/C31H36N2O7/c1-31(2,3)40-30(37)33-26(18-21-10-14-24(34)15-11-21)28(35)32-27(29(36)38-4)19-22-12-16-25(17-13-22)39-20-23-8-6-5-7-9-23/h5-17,26-27,34H,18-20H2,1-4H3,(H,32,35)(H,33,37)/t26-,27-/m0/s1. The molecule has 0 aliphatic heterocycles. The van der Waals surface area contributed by atoms with Crippen LogP contribution in [-0.4, -0.2) is 47.9 Å². The third-order valence-corrected chi connectivity index (χ3v) is 5.80. The molecular formula is C31H36N2O7. The predicted molar refractivity (Wildman–Crippen MR) is 150 cm³/mol. The summed E-state index contributed by atoms with van der Waals surface area (Å²) in [6.07, 6.45) is -0.505. The molecule has 9 nitrogen and oxygen atoms in total. The van der Waals surface area contributed by atoms with Crippen molar-refractivity contribution in [1.29, 1.82) is 0 Å². The van der Waals surface area contributed by atoms with Crippen LogP contribution in [-0.2, 0) is 38.5 Å². The molecule has 0 unspecified atom stereocenters. The number of benzene rings is 3. The number of nitrogens with one attached hydrogen (secondary N) is 2. The van der Waals surface area contributed by atoms with Gasteiger partial charge in [0, 0.05) is 12.8 Å². The SMILES string of the molecule is COC(=O)[C@H](Cc1ccc(OCc2ccccc2)cc1)NC(=O)[C@H](Cc1ccc(O)cc1)NC(=O)OC(C)(C)C. The Hall–Kier alpha value is -4.53. The fourth-order valence-electron chi connectivity index (χ4n) is 3.83. The number of esters is 1. The Morgan fingerprint density at radius 1 is 0.775 bits per heavy atom. The summed E-state index contributed by atoms with van der Waals surface area (Å²) in [6, 6.07) is 21.2. The second-order valence-corrected chi connectivity index (χ2v) is 10.3. The lowest BCUT2D eigenvalue weighted by molar-refractivity contribution is -0.145. The molecule has 0 aromatic heterocycles. The second kappa shape index (κ2) is 14.0. The smallest absolute Gasteiger partial charge is 0.408 e. The molecule has 0 saturated heterocycles. The third-order valence-electron chi connectivity index (χ3n) is 5.80. The molecule has 0 bridgehead atoms. The molecule has 0 fully saturated rings. The summed E-state index contributed by atoms with van der Waals surface area (Å²) in [6.45, 7) is 5.57. The van der Waals surface area contributed by atoms with Crippen molar-refractivity contribution in [3.63, 3.8) is 0 Å². The van der Waals surface area contributed by atoms with E-state index in [0.717, 1.165) is 11.1 Å². The van der Waals surface area contributed by atoms with E-state index in [4.69, 9.17) is 14.2 Å². The average molecular weight is 549 g/mol. The van der Waals surface area contributed by atoms with Gasteiger partial charge in [0.05, 0.1) is 7.11 Å². The number of ether oxygens (including phenoxy) is 3. The van der Waals surface area contributed by atoms with Gasteiger partial charge in [0.25, 0.3) is 0 Å². The third kappa shape index (κ3) is 9.98. The van der Waals surface area contributed by atoms with Crippen LogP contribution in [0.25, 0.3) is 0 Å². The van der Waals surface area contributed by atoms with E-state index in [2.05, 4.69) is 10.6 Å². The van der Waals surface area contributed by atoms with Gasteiger partial charge < -0.3 is 30.0 Å². The normalized spacial score (nSPS) is 12.5. The van der Waals surface area contributed by atoms with E-state index in [1.54, 1.807) is 45.0 Å². The highest BCUT2D eigenvalue weighted by atomic mass is 16.6. The summed E-state index contributed by atoms with van der Waals surface area (Å²) in [5.74, 6) is -0.468. The number of alkyl carbamates (subject to hydrolysis) is 1. The number of hydrogen-bond acceptors (Lipinski definition) is 7. The van der Waals surface area contributed by atoms with Crippen LogP contribution in [0.1, 0.15) is 37.5 Å². The fraction of sp³-hybridized carbons (Fsp3) is 0.323. The number of methoxy groups -OCH3 is 1. The first kappa shape index (κ1) is 30.0. The quantitative estimate of drug-likeness (QED) is 0.305. The van der Waals surface area contributed by atoms with Gasteiger partial charge >= 0.3 is 12.1 Å². The van der Waals surface area contributed by atoms with E-state index in [1.165, 1.54) is 19.2 Å². The van der Waals surface area contributed by atoms with Crippen molar-refractivity contribution in [3.8, 4) is 11.5 Å². The zero-order valence-corrected chi connectivity index (χ0v) is 23.2. The van der Waals surface area contributed by atoms with Crippen molar-refractivity contribution in [2.45, 2.75) is 57.9 Å². The van der Waals surface area contributed by atoms with Crippen molar-refractivity contribution in [2.24, 2.45) is 0 Å². The summed E-state index contributed by atoms with van der Waals surface area (Å²) in [4.78, 5) is 38.5. The van der Waals surface area contributed by atoms with Crippen molar-refractivity contribution in [3.05, 3.63) is 95.6 Å². The Morgan fingerprint density at radius 3 is 1.93 bits per heavy atom. The molecular weight excluding hydrogens is 512 g/mol. The number of hydrogen-bond donors (Lipinski definition) is 3. The second-order valence-electron chi connectivity index (χ2n) is 10.3. The molecule has 40 heavy (non-hydrogen) atoms. The van der Waals surface area contributed by atoms with E-state index in [-0.39, 0.29) is 18.6 Å². The maximum atomic E-state index is 13.4. The van der Waals surface area contributed by atoms with Gasteiger partial charge in [-0.3, -0.25) is 4.79 Å². The molecule has 3 rings (SSSR count). The summed E-state index contributed by atoms with van der Waals surface area (Å²) in [7, 11) is 1.24. The lowest BCUT2D eigenvalue weighted by Crippen LogP contribution is -2.53. The highest BCUT2D eigenvalue weighted by molar-refractivity contribution is 5.90. The maximum Gasteiger partial charge on any atom is 0.408 e. The largest absolute Gasteiger partial charge is 0.508 e. The minimum Gasteiger partial charge on any atom is -0.508 e. The molecule has 3 N–H and O–H groups in total. The first-order valence-corrected chi connectivity index (χ1v) is 12.9. The summed E-state index contributed by atoms with van der Waals surface area (Å²) >= 11 is 0. The van der Waals surface area contributed by atoms with Crippen LogP contribution in [0.4, 0.5) is 4.79 Å². The number of phenols is 1. The lowest BCUT2D eigenvalue weighted by Gasteiger charge is -2.25. The monoisotopic (exact) mass is 548 g/mol. The van der Waals surface area contributed by atoms with Crippen LogP contribution in [0.2, 0.25) is 0 Å². The summed E-state index contributed by atoms with van der Waals surface area (Å²) in [5, 5.41) is 14.9. The van der Waals surface area contributed by atoms with Crippen LogP contribution in [0.3, 0.4) is 0 Å². The highest BCUT2D eigenvalue weighted by Gasteiger charge is 2.29. The number of phenolic OH excluding ortho intramolecular Hbond substituents is 1. The van der Waals surface area contributed by atoms with Gasteiger partial charge in [-0.05, 0) is 61.7 Å². The number of carbonyl (C=O) groups excluding carboxylic acids is 3. The molecule has 9 heteroatoms. The van der Waals surface area contributed by atoms with E-state index in [1.807, 2.05) is 42.5 Å². The fourth-order valence-corrected chi connectivity index (χ4v) is 3.83. The highest BCUT2D eigenvalue weighted by Crippen LogP contribution is 2.17. The van der Waals surface area contributed by atoms with Crippen LogP contribution in [0.15, 0.2) is 78.9 Å². The first-order chi connectivity index (χ1) is 19.0. The number of carbonyl (C=O) groups is 3. The van der Waals surface area contributed by atoms with Gasteiger partial charge in [0.15, 0.2) is 0 Å². The molecule has 0 radical (unpaired) electrons. The van der Waals surface area contributed by atoms with Gasteiger partial charge in [-0.15, -0.1) is 0 Å². The molecule has 3 aromatic rings. The van der Waals surface area contributed by atoms with Gasteiger partial charge in [0.2, 0.25) is 5.91 Å². The Balaban J connectivity index is 1.70. The zero-order valence-electron chi connectivity index (χ0n) is 23.2. The molecule has 0 saturated carbocycles. The van der Waals surface area contributed by atoms with Crippen LogP contribution in [0.5, 0.6) is 11.5 Å². The average Bonchev–Trinajstić information content (AvgIpc) is 2.92. The molecule has 0 aliphatic carbocycles. The lowest BCUT2D eigenvalue weighted by atomic mass is 10.0. The molecule has 0 aliphatic rings. The topological polar surface area (TPSA) is 123 Å². The first-order valence-electron chi connectivity index (χ1n) is 12.9. The maximum absolute atomic E-state index is 13.4. The minimum atomic E-state index is -1.06. The van der Waals surface area contributed by atoms with Crippen LogP contribution < -0.4 is 15.4 Å². The van der Waals surface area contributed by atoms with Crippen molar-refractivity contribution < 1.29 is 33.7 Å². The number of rotatable bonds is 11. The Morgan fingerprint density at radius 2 is 1.35 bits per heavy atom. The van der Waals surface area contributed by atoms with Crippen molar-refractivity contribution >= 4 is 18.0 Å². The number of aromatic hydroxyl groups is 1. The van der Waals surface area contributed by atoms with E-state index in [0.29, 0.717) is 17.9 Å². The number of amides is 2. The molecule has 2 amide bonds. The summed E-state index contributed by atoms with van der Waals surface area (Å²) < 4.78 is 16.1. The van der Waals surface area contributed by atoms with Crippen LogP contribution in [0, 0.1) is 0 Å². The minimum absolute atomic E-state index is 0.0760. The van der Waals surface area contributed by atoms with Gasteiger partial charge in [0.1, 0.15) is 35.8 Å². The van der Waals surface area contributed by atoms with Crippen LogP contribution >= 0.6 is 0 Å². The Kier molecular flexibility index (Phi) is 10.5. The molecule has 0 spiro atoms. The Labute approximate surface area is 234 Å². The van der Waals surface area contributed by atoms with Gasteiger partial charge in [-0.1, -0.05) is 54.6 Å². The molecule has 3 aromatic carbocycles. The van der Waals surface area contributed by atoms with Crippen molar-refractivity contribution in [1.82, 2.24) is 10.6 Å². The van der Waals surface area contributed by atoms with Gasteiger partial charge in [-0.2, -0.15) is 0 Å². The molecule has 212 valence electrons. The molecule has 0 heterocycles. The van der Waals surface area contributed by atoms with Crippen molar-refractivity contribution in [2.75, 3.05) is 7.11 Å². The summed E-state index contributed by atoms with van der Waals surface area (Å²) in [5.41, 5.74) is 1.74. The Bertz CT molecular complexity index is 1250. The predicted octanol–water partition coefficient (Wildman–Crippen LogP) is 4.31.